The first-order valence-electron chi connectivity index (χ1n) is 8.30. The van der Waals surface area contributed by atoms with Gasteiger partial charge in [0.1, 0.15) is 0 Å². The minimum Gasteiger partial charge on any atom is -0.350 e. The quantitative estimate of drug-likeness (QED) is 0.838. The number of likely N-dealkylation sites (tertiary alicyclic amines) is 1. The maximum Gasteiger partial charge on any atom is 0.185 e. The lowest BCUT2D eigenvalue weighted by Gasteiger charge is -2.25. The number of anilines is 1. The fraction of sp³-hybridized carbons (Fsp3) is 0.812. The lowest BCUT2D eigenvalue weighted by Crippen LogP contribution is -2.36. The van der Waals surface area contributed by atoms with Crippen LogP contribution in [-0.2, 0) is 13.0 Å². The highest BCUT2D eigenvalue weighted by Gasteiger charge is 2.24. The summed E-state index contributed by atoms with van der Waals surface area (Å²) in [6.45, 7) is 5.56. The van der Waals surface area contributed by atoms with Gasteiger partial charge in [-0.2, -0.15) is 0 Å². The van der Waals surface area contributed by atoms with Gasteiger partial charge in [0, 0.05) is 37.1 Å². The molecule has 1 aliphatic carbocycles. The zero-order chi connectivity index (χ0) is 14.8. The average molecular weight is 308 g/mol. The smallest absolute Gasteiger partial charge is 0.185 e. The molecule has 0 spiro atoms. The lowest BCUT2D eigenvalue weighted by atomic mass is 10.2. The molecule has 4 nitrogen and oxygen atoms in total. The molecule has 1 aliphatic heterocycles. The van der Waals surface area contributed by atoms with Gasteiger partial charge in [-0.25, -0.2) is 4.98 Å². The van der Waals surface area contributed by atoms with Crippen LogP contribution in [0.4, 0.5) is 5.13 Å². The minimum atomic E-state index is 0.692. The maximum absolute atomic E-state index is 4.88. The van der Waals surface area contributed by atoms with Gasteiger partial charge in [0.25, 0.3) is 0 Å². The number of hydrogen-bond acceptors (Lipinski definition) is 5. The van der Waals surface area contributed by atoms with E-state index in [4.69, 9.17) is 4.98 Å². The van der Waals surface area contributed by atoms with E-state index in [1.54, 1.807) is 0 Å². The molecule has 1 atom stereocenters. The molecule has 2 heterocycles. The summed E-state index contributed by atoms with van der Waals surface area (Å²) in [7, 11) is 4.44. The van der Waals surface area contributed by atoms with E-state index < -0.39 is 0 Å². The Labute approximate surface area is 132 Å². The molecule has 118 valence electrons. The van der Waals surface area contributed by atoms with Crippen LogP contribution in [0.3, 0.4) is 0 Å². The van der Waals surface area contributed by atoms with Crippen LogP contribution in [0.15, 0.2) is 0 Å². The summed E-state index contributed by atoms with van der Waals surface area (Å²) in [5, 5.41) is 4.82. The van der Waals surface area contributed by atoms with E-state index in [1.807, 2.05) is 11.3 Å². The number of rotatable bonds is 7. The van der Waals surface area contributed by atoms with Gasteiger partial charge >= 0.3 is 0 Å². The zero-order valence-electron chi connectivity index (χ0n) is 13.6. The highest BCUT2D eigenvalue weighted by Crippen LogP contribution is 2.29. The standard InChI is InChI=1S/C16H28N4S/c1-4-14-15(10-17-12-7-8-12)21-16(18-14)20(3)11-13-6-5-9-19(13)2/h12-13,17H,4-11H2,1-3H3. The fourth-order valence-corrected chi connectivity index (χ4v) is 4.15. The van der Waals surface area contributed by atoms with Crippen molar-refractivity contribution in [3.63, 3.8) is 0 Å². The Morgan fingerprint density at radius 2 is 2.19 bits per heavy atom. The number of thiazole rings is 1. The SMILES string of the molecule is CCc1nc(N(C)CC2CCCN2C)sc1CNC1CC1. The van der Waals surface area contributed by atoms with Gasteiger partial charge in [-0.1, -0.05) is 6.92 Å². The summed E-state index contributed by atoms with van der Waals surface area (Å²) in [4.78, 5) is 11.2. The van der Waals surface area contributed by atoms with Crippen LogP contribution in [0.1, 0.15) is 43.2 Å². The second-order valence-electron chi connectivity index (χ2n) is 6.53. The van der Waals surface area contributed by atoms with Crippen molar-refractivity contribution in [2.45, 2.75) is 57.7 Å². The topological polar surface area (TPSA) is 31.4 Å². The van der Waals surface area contributed by atoms with Crippen LogP contribution in [-0.4, -0.2) is 49.2 Å². The van der Waals surface area contributed by atoms with E-state index in [-0.39, 0.29) is 0 Å². The van der Waals surface area contributed by atoms with Crippen molar-refractivity contribution in [3.8, 4) is 0 Å². The number of nitrogens with zero attached hydrogens (tertiary/aromatic N) is 3. The van der Waals surface area contributed by atoms with Crippen molar-refractivity contribution >= 4 is 16.5 Å². The number of likely N-dealkylation sites (N-methyl/N-ethyl adjacent to an activating group) is 2. The summed E-state index contributed by atoms with van der Waals surface area (Å²) in [6.07, 6.45) is 6.39. The molecule has 5 heteroatoms. The van der Waals surface area contributed by atoms with E-state index in [2.05, 4.69) is 36.1 Å². The van der Waals surface area contributed by atoms with E-state index in [0.29, 0.717) is 6.04 Å². The van der Waals surface area contributed by atoms with Gasteiger partial charge in [0.2, 0.25) is 0 Å². The molecule has 1 unspecified atom stereocenters. The molecular formula is C16H28N4S. The van der Waals surface area contributed by atoms with Gasteiger partial charge in [0.05, 0.1) is 5.69 Å². The Morgan fingerprint density at radius 1 is 1.38 bits per heavy atom. The van der Waals surface area contributed by atoms with E-state index in [1.165, 1.54) is 47.9 Å². The molecule has 1 N–H and O–H groups in total. The Kier molecular flexibility index (Phi) is 4.82. The third-order valence-corrected chi connectivity index (χ3v) is 5.93. The zero-order valence-corrected chi connectivity index (χ0v) is 14.4. The van der Waals surface area contributed by atoms with Crippen LogP contribution in [0, 0.1) is 0 Å². The molecule has 0 bridgehead atoms. The predicted octanol–water partition coefficient (Wildman–Crippen LogP) is 2.49. The fourth-order valence-electron chi connectivity index (χ4n) is 3.08. The van der Waals surface area contributed by atoms with Gasteiger partial charge in [-0.05, 0) is 45.7 Å². The van der Waals surface area contributed by atoms with Gasteiger partial charge < -0.3 is 15.1 Å². The third-order valence-electron chi connectivity index (χ3n) is 4.71. The van der Waals surface area contributed by atoms with Crippen LogP contribution in [0.2, 0.25) is 0 Å². The second kappa shape index (κ2) is 6.63. The average Bonchev–Trinajstić information content (AvgIpc) is 3.08. The first kappa shape index (κ1) is 15.3. The second-order valence-corrected chi connectivity index (χ2v) is 7.59. The van der Waals surface area contributed by atoms with Crippen molar-refractivity contribution in [2.24, 2.45) is 0 Å². The summed E-state index contributed by atoms with van der Waals surface area (Å²) < 4.78 is 0. The Balaban J connectivity index is 1.62. The molecule has 0 radical (unpaired) electrons. The van der Waals surface area contributed by atoms with E-state index >= 15 is 0 Å². The largest absolute Gasteiger partial charge is 0.350 e. The number of aromatic nitrogens is 1. The maximum atomic E-state index is 4.88. The molecule has 1 aromatic heterocycles. The van der Waals surface area contributed by atoms with E-state index in [0.717, 1.165) is 25.6 Å². The van der Waals surface area contributed by atoms with Crippen molar-refractivity contribution in [3.05, 3.63) is 10.6 Å². The Hall–Kier alpha value is -0.650. The molecule has 3 rings (SSSR count). The Morgan fingerprint density at radius 3 is 2.81 bits per heavy atom. The van der Waals surface area contributed by atoms with Crippen LogP contribution in [0.25, 0.3) is 0 Å². The summed E-state index contributed by atoms with van der Waals surface area (Å²) in [5.41, 5.74) is 1.29. The number of aryl methyl sites for hydroxylation is 1. The first-order chi connectivity index (χ1) is 10.2. The summed E-state index contributed by atoms with van der Waals surface area (Å²) in [6, 6.07) is 1.46. The first-order valence-corrected chi connectivity index (χ1v) is 9.12. The predicted molar refractivity (Wildman–Crippen MR) is 90.3 cm³/mol. The molecule has 1 saturated heterocycles. The van der Waals surface area contributed by atoms with Crippen molar-refractivity contribution in [1.29, 1.82) is 0 Å². The molecule has 2 fully saturated rings. The van der Waals surface area contributed by atoms with Crippen LogP contribution in [0.5, 0.6) is 0 Å². The molecule has 1 aromatic rings. The monoisotopic (exact) mass is 308 g/mol. The van der Waals surface area contributed by atoms with Crippen molar-refractivity contribution in [2.75, 3.05) is 32.1 Å². The minimum absolute atomic E-state index is 0.692. The number of nitrogens with one attached hydrogen (secondary N) is 1. The van der Waals surface area contributed by atoms with Gasteiger partial charge in [-0.15, -0.1) is 11.3 Å². The van der Waals surface area contributed by atoms with Gasteiger partial charge in [-0.3, -0.25) is 0 Å². The molecule has 0 amide bonds. The van der Waals surface area contributed by atoms with Crippen LogP contribution >= 0.6 is 11.3 Å². The number of hydrogen-bond donors (Lipinski definition) is 1. The van der Waals surface area contributed by atoms with Crippen LogP contribution < -0.4 is 10.2 Å². The molecule has 2 aliphatic rings. The highest BCUT2D eigenvalue weighted by atomic mass is 32.1. The van der Waals surface area contributed by atoms with Crippen molar-refractivity contribution in [1.82, 2.24) is 15.2 Å². The summed E-state index contributed by atoms with van der Waals surface area (Å²) in [5.74, 6) is 0. The molecule has 0 aromatic carbocycles. The van der Waals surface area contributed by atoms with E-state index in [9.17, 15) is 0 Å². The normalized spacial score (nSPS) is 22.9. The van der Waals surface area contributed by atoms with Gasteiger partial charge in [0.15, 0.2) is 5.13 Å². The molecular weight excluding hydrogens is 280 g/mol. The highest BCUT2D eigenvalue weighted by molar-refractivity contribution is 7.15. The molecule has 1 saturated carbocycles. The summed E-state index contributed by atoms with van der Waals surface area (Å²) >= 11 is 1.88. The third kappa shape index (κ3) is 3.76. The Bertz CT molecular complexity index is 469. The molecule has 21 heavy (non-hydrogen) atoms. The van der Waals surface area contributed by atoms with Crippen molar-refractivity contribution < 1.29 is 0 Å². The lowest BCUT2D eigenvalue weighted by molar-refractivity contribution is 0.314.